The second-order valence-corrected chi connectivity index (χ2v) is 7.88. The van der Waals surface area contributed by atoms with Crippen LogP contribution in [-0.4, -0.2) is 31.5 Å². The molecule has 1 heterocycles. The highest BCUT2D eigenvalue weighted by atomic mass is 32.2. The molecule has 8 heteroatoms. The number of benzene rings is 2. The van der Waals surface area contributed by atoms with Crippen LogP contribution in [0.4, 0.5) is 11.6 Å². The molecule has 146 valence electrons. The van der Waals surface area contributed by atoms with Crippen molar-refractivity contribution in [2.45, 2.75) is 17.7 Å². The first kappa shape index (κ1) is 19.8. The Morgan fingerprint density at radius 1 is 0.786 bits per heavy atom. The molecule has 0 saturated carbocycles. The third-order valence-corrected chi connectivity index (χ3v) is 5.13. The molecule has 0 aliphatic rings. The lowest BCUT2D eigenvalue weighted by Gasteiger charge is -2.09. The molecule has 0 fully saturated rings. The van der Waals surface area contributed by atoms with Crippen molar-refractivity contribution in [2.75, 3.05) is 23.7 Å². The molecule has 2 aromatic carbocycles. The van der Waals surface area contributed by atoms with E-state index in [0.717, 1.165) is 36.6 Å². The highest BCUT2D eigenvalue weighted by Gasteiger charge is 2.06. The van der Waals surface area contributed by atoms with E-state index in [9.17, 15) is 8.42 Å². The van der Waals surface area contributed by atoms with Crippen LogP contribution in [0.2, 0.25) is 0 Å². The summed E-state index contributed by atoms with van der Waals surface area (Å²) in [6, 6.07) is 18.7. The van der Waals surface area contributed by atoms with Crippen LogP contribution in [0.15, 0.2) is 71.9 Å². The van der Waals surface area contributed by atoms with E-state index in [1.54, 1.807) is 12.1 Å². The minimum atomic E-state index is -3.65. The summed E-state index contributed by atoms with van der Waals surface area (Å²) in [5.41, 5.74) is 2.28. The molecule has 0 unspecified atom stereocenters. The predicted octanol–water partition coefficient (Wildman–Crippen LogP) is 2.43. The van der Waals surface area contributed by atoms with Gasteiger partial charge < -0.3 is 10.6 Å². The standard InChI is InChI=1S/C20H23N5O2S/c21-28(26,27)18-8-6-17(7-9-18)11-13-23-20-14-19(24-15-25-20)22-12-10-16-4-2-1-3-5-16/h1-9,14-15H,10-13H2,(H2,21,26,27)(H2,22,23,24,25). The van der Waals surface area contributed by atoms with Gasteiger partial charge in [0.1, 0.15) is 18.0 Å². The molecule has 3 aromatic rings. The number of sulfonamides is 1. The minimum absolute atomic E-state index is 0.117. The molecule has 28 heavy (non-hydrogen) atoms. The van der Waals surface area contributed by atoms with Crippen molar-refractivity contribution in [3.63, 3.8) is 0 Å². The molecule has 0 aliphatic heterocycles. The molecular weight excluding hydrogens is 374 g/mol. The summed E-state index contributed by atoms with van der Waals surface area (Å²) in [7, 11) is -3.65. The van der Waals surface area contributed by atoms with Gasteiger partial charge in [0.25, 0.3) is 0 Å². The average molecular weight is 398 g/mol. The highest BCUT2D eigenvalue weighted by molar-refractivity contribution is 7.89. The lowest BCUT2D eigenvalue weighted by atomic mass is 10.1. The maximum Gasteiger partial charge on any atom is 0.238 e. The van der Waals surface area contributed by atoms with Crippen molar-refractivity contribution < 1.29 is 8.42 Å². The van der Waals surface area contributed by atoms with Gasteiger partial charge >= 0.3 is 0 Å². The van der Waals surface area contributed by atoms with Gasteiger partial charge in [0.05, 0.1) is 4.90 Å². The summed E-state index contributed by atoms with van der Waals surface area (Å²) >= 11 is 0. The lowest BCUT2D eigenvalue weighted by Crippen LogP contribution is -2.12. The Kier molecular flexibility index (Phi) is 6.57. The molecule has 0 bridgehead atoms. The molecule has 0 amide bonds. The zero-order chi connectivity index (χ0) is 19.8. The molecule has 3 rings (SSSR count). The van der Waals surface area contributed by atoms with E-state index in [2.05, 4.69) is 32.7 Å². The maximum absolute atomic E-state index is 11.3. The molecule has 1 aromatic heterocycles. The first-order valence-electron chi connectivity index (χ1n) is 8.96. The van der Waals surface area contributed by atoms with E-state index in [0.29, 0.717) is 6.54 Å². The SMILES string of the molecule is NS(=O)(=O)c1ccc(CCNc2cc(NCCc3ccccc3)ncn2)cc1. The van der Waals surface area contributed by atoms with Gasteiger partial charge in [-0.2, -0.15) is 0 Å². The molecule has 0 saturated heterocycles. The summed E-state index contributed by atoms with van der Waals surface area (Å²) in [5, 5.41) is 11.7. The maximum atomic E-state index is 11.3. The first-order chi connectivity index (χ1) is 13.5. The number of hydrogen-bond donors (Lipinski definition) is 3. The lowest BCUT2D eigenvalue weighted by molar-refractivity contribution is 0.598. The number of nitrogens with one attached hydrogen (secondary N) is 2. The fourth-order valence-corrected chi connectivity index (χ4v) is 3.23. The third kappa shape index (κ3) is 6.04. The summed E-state index contributed by atoms with van der Waals surface area (Å²) in [4.78, 5) is 8.58. The van der Waals surface area contributed by atoms with Gasteiger partial charge in [0.2, 0.25) is 10.0 Å². The van der Waals surface area contributed by atoms with Gasteiger partial charge in [0.15, 0.2) is 0 Å². The summed E-state index contributed by atoms with van der Waals surface area (Å²) < 4.78 is 22.6. The van der Waals surface area contributed by atoms with Crippen LogP contribution in [-0.2, 0) is 22.9 Å². The Morgan fingerprint density at radius 2 is 1.32 bits per heavy atom. The number of primary sulfonamides is 1. The minimum Gasteiger partial charge on any atom is -0.370 e. The van der Waals surface area contributed by atoms with Gasteiger partial charge in [-0.1, -0.05) is 42.5 Å². The largest absolute Gasteiger partial charge is 0.370 e. The van der Waals surface area contributed by atoms with E-state index in [1.807, 2.05) is 24.3 Å². The van der Waals surface area contributed by atoms with E-state index < -0.39 is 10.0 Å². The monoisotopic (exact) mass is 397 g/mol. The molecular formula is C20H23N5O2S. The smallest absolute Gasteiger partial charge is 0.238 e. The van der Waals surface area contributed by atoms with Crippen LogP contribution in [0.1, 0.15) is 11.1 Å². The number of anilines is 2. The fraction of sp³-hybridized carbons (Fsp3) is 0.200. The zero-order valence-electron chi connectivity index (χ0n) is 15.4. The second kappa shape index (κ2) is 9.29. The topological polar surface area (TPSA) is 110 Å². The van der Waals surface area contributed by atoms with Crippen LogP contribution in [0.25, 0.3) is 0 Å². The van der Waals surface area contributed by atoms with Crippen molar-refractivity contribution in [3.8, 4) is 0 Å². The molecule has 0 spiro atoms. The number of nitrogens with two attached hydrogens (primary N) is 1. The van der Waals surface area contributed by atoms with E-state index in [-0.39, 0.29) is 4.90 Å². The van der Waals surface area contributed by atoms with Gasteiger partial charge in [-0.25, -0.2) is 23.5 Å². The van der Waals surface area contributed by atoms with Crippen LogP contribution in [0.5, 0.6) is 0 Å². The summed E-state index contributed by atoms with van der Waals surface area (Å²) in [5.74, 6) is 1.50. The Hall–Kier alpha value is -2.97. The highest BCUT2D eigenvalue weighted by Crippen LogP contribution is 2.11. The number of aromatic nitrogens is 2. The normalized spacial score (nSPS) is 11.2. The van der Waals surface area contributed by atoms with E-state index >= 15 is 0 Å². The average Bonchev–Trinajstić information content (AvgIpc) is 2.69. The second-order valence-electron chi connectivity index (χ2n) is 6.32. The fourth-order valence-electron chi connectivity index (χ4n) is 2.71. The first-order valence-corrected chi connectivity index (χ1v) is 10.5. The summed E-state index contributed by atoms with van der Waals surface area (Å²) in [6.45, 7) is 1.45. The van der Waals surface area contributed by atoms with Crippen molar-refractivity contribution in [3.05, 3.63) is 78.1 Å². The zero-order valence-corrected chi connectivity index (χ0v) is 16.2. The van der Waals surface area contributed by atoms with Crippen molar-refractivity contribution in [2.24, 2.45) is 5.14 Å². The third-order valence-electron chi connectivity index (χ3n) is 4.20. The van der Waals surface area contributed by atoms with Gasteiger partial charge in [-0.15, -0.1) is 0 Å². The Morgan fingerprint density at radius 3 is 1.86 bits per heavy atom. The van der Waals surface area contributed by atoms with Gasteiger partial charge in [-0.3, -0.25) is 0 Å². The van der Waals surface area contributed by atoms with Crippen molar-refractivity contribution in [1.82, 2.24) is 9.97 Å². The van der Waals surface area contributed by atoms with Crippen LogP contribution < -0.4 is 15.8 Å². The number of hydrogen-bond acceptors (Lipinski definition) is 6. The van der Waals surface area contributed by atoms with E-state index in [4.69, 9.17) is 5.14 Å². The molecule has 0 aliphatic carbocycles. The predicted molar refractivity (Wildman–Crippen MR) is 111 cm³/mol. The van der Waals surface area contributed by atoms with Crippen LogP contribution in [0, 0.1) is 0 Å². The molecule has 0 atom stereocenters. The Labute approximate surface area is 165 Å². The number of rotatable bonds is 9. The van der Waals surface area contributed by atoms with Gasteiger partial charge in [-0.05, 0) is 36.1 Å². The van der Waals surface area contributed by atoms with Crippen LogP contribution in [0.3, 0.4) is 0 Å². The molecule has 4 N–H and O–H groups in total. The molecule has 0 radical (unpaired) electrons. The van der Waals surface area contributed by atoms with Crippen molar-refractivity contribution >= 4 is 21.7 Å². The Bertz CT molecular complexity index is 993. The van der Waals surface area contributed by atoms with Crippen LogP contribution >= 0.6 is 0 Å². The van der Waals surface area contributed by atoms with E-state index in [1.165, 1.54) is 24.0 Å². The Balaban J connectivity index is 1.46. The van der Waals surface area contributed by atoms with Gasteiger partial charge in [0, 0.05) is 19.2 Å². The number of nitrogens with zero attached hydrogens (tertiary/aromatic N) is 2. The van der Waals surface area contributed by atoms with Crippen molar-refractivity contribution in [1.29, 1.82) is 0 Å². The molecule has 7 nitrogen and oxygen atoms in total. The summed E-state index contributed by atoms with van der Waals surface area (Å²) in [6.07, 6.45) is 3.17. The quantitative estimate of drug-likeness (QED) is 0.511.